The summed E-state index contributed by atoms with van der Waals surface area (Å²) in [6.07, 6.45) is -8.88. The van der Waals surface area contributed by atoms with E-state index in [1.165, 1.54) is 17.9 Å². The van der Waals surface area contributed by atoms with E-state index in [0.717, 1.165) is 17.7 Å². The van der Waals surface area contributed by atoms with E-state index in [0.29, 0.717) is 18.5 Å². The molecule has 2 aromatic rings. The number of hydrogen-bond acceptors (Lipinski definition) is 3. The van der Waals surface area contributed by atoms with Crippen molar-refractivity contribution in [2.75, 3.05) is 11.4 Å². The van der Waals surface area contributed by atoms with Gasteiger partial charge in [-0.3, -0.25) is 0 Å². The number of hydrogen-bond donors (Lipinski definition) is 0. The first-order valence-electron chi connectivity index (χ1n) is 7.52. The first-order valence-corrected chi connectivity index (χ1v) is 7.90. The number of alkyl halides is 6. The topological polar surface area (TPSA) is 29.0 Å². The van der Waals surface area contributed by atoms with E-state index in [9.17, 15) is 26.3 Å². The minimum atomic E-state index is -4.77. The molecule has 1 aromatic heterocycles. The maximum atomic E-state index is 12.9. The van der Waals surface area contributed by atoms with E-state index >= 15 is 0 Å². The maximum Gasteiger partial charge on any atom is 0.451 e. The Morgan fingerprint density at radius 2 is 1.69 bits per heavy atom. The third-order valence-corrected chi connectivity index (χ3v) is 4.53. The van der Waals surface area contributed by atoms with Crippen molar-refractivity contribution in [3.63, 3.8) is 0 Å². The van der Waals surface area contributed by atoms with Gasteiger partial charge < -0.3 is 4.90 Å². The van der Waals surface area contributed by atoms with Crippen molar-refractivity contribution in [2.24, 2.45) is 0 Å². The lowest BCUT2D eigenvalue weighted by Gasteiger charge is -2.31. The number of rotatable bonds is 1. The highest BCUT2D eigenvalue weighted by Gasteiger charge is 2.37. The lowest BCUT2D eigenvalue weighted by atomic mass is 9.97. The zero-order valence-corrected chi connectivity index (χ0v) is 14.1. The summed E-state index contributed by atoms with van der Waals surface area (Å²) in [6.45, 7) is 1.79. The fourth-order valence-corrected chi connectivity index (χ4v) is 2.99. The second-order valence-corrected chi connectivity index (χ2v) is 6.30. The molecule has 1 aliphatic heterocycles. The Bertz CT molecular complexity index is 847. The quantitative estimate of drug-likeness (QED) is 0.500. The molecule has 0 bridgehead atoms. The van der Waals surface area contributed by atoms with Gasteiger partial charge in [0, 0.05) is 18.7 Å². The summed E-state index contributed by atoms with van der Waals surface area (Å²) in [6, 6.07) is 3.42. The Hall–Kier alpha value is -2.03. The van der Waals surface area contributed by atoms with E-state index < -0.39 is 23.7 Å². The van der Waals surface area contributed by atoms with Crippen molar-refractivity contribution >= 4 is 17.4 Å². The van der Waals surface area contributed by atoms with Crippen LogP contribution in [-0.4, -0.2) is 16.5 Å². The average molecular weight is 396 g/mol. The monoisotopic (exact) mass is 395 g/mol. The molecule has 0 saturated heterocycles. The molecule has 1 aliphatic rings. The highest BCUT2D eigenvalue weighted by atomic mass is 35.5. The van der Waals surface area contributed by atoms with Crippen LogP contribution >= 0.6 is 11.6 Å². The molecule has 0 N–H and O–H groups in total. The predicted octanol–water partition coefficient (Wildman–Crippen LogP) is 5.04. The smallest absolute Gasteiger partial charge is 0.352 e. The van der Waals surface area contributed by atoms with Crippen molar-refractivity contribution in [2.45, 2.75) is 32.2 Å². The van der Waals surface area contributed by atoms with Gasteiger partial charge in [0.05, 0.1) is 5.56 Å². The molecule has 3 rings (SSSR count). The summed E-state index contributed by atoms with van der Waals surface area (Å²) in [4.78, 5) is 8.29. The normalized spacial score (nSPS) is 15.2. The van der Waals surface area contributed by atoms with Gasteiger partial charge in [-0.2, -0.15) is 26.3 Å². The number of halogens is 7. The molecule has 1 aromatic carbocycles. The zero-order chi connectivity index (χ0) is 19.3. The van der Waals surface area contributed by atoms with E-state index in [4.69, 9.17) is 11.6 Å². The number of aromatic nitrogens is 2. The maximum absolute atomic E-state index is 12.9. The molecule has 0 aliphatic carbocycles. The van der Waals surface area contributed by atoms with Crippen molar-refractivity contribution in [3.05, 3.63) is 51.4 Å². The average Bonchev–Trinajstić information content (AvgIpc) is 2.54. The third kappa shape index (κ3) is 3.58. The second kappa shape index (κ2) is 6.29. The molecular formula is C16H12ClF6N3. The van der Waals surface area contributed by atoms with E-state index in [2.05, 4.69) is 9.97 Å². The van der Waals surface area contributed by atoms with Crippen LogP contribution in [0.3, 0.4) is 0 Å². The second-order valence-electron chi connectivity index (χ2n) is 5.94. The molecule has 140 valence electrons. The van der Waals surface area contributed by atoms with Gasteiger partial charge in [0.1, 0.15) is 11.0 Å². The zero-order valence-electron chi connectivity index (χ0n) is 13.3. The van der Waals surface area contributed by atoms with Crippen molar-refractivity contribution in [3.8, 4) is 0 Å². The molecule has 0 atom stereocenters. The molecule has 2 heterocycles. The predicted molar refractivity (Wildman–Crippen MR) is 83.0 cm³/mol. The lowest BCUT2D eigenvalue weighted by molar-refractivity contribution is -0.145. The van der Waals surface area contributed by atoms with Crippen LogP contribution in [0, 0.1) is 6.92 Å². The van der Waals surface area contributed by atoms with Crippen LogP contribution in [0.15, 0.2) is 18.2 Å². The fraction of sp³-hybridized carbons (Fsp3) is 0.375. The van der Waals surface area contributed by atoms with Crippen LogP contribution in [0.1, 0.15) is 28.1 Å². The largest absolute Gasteiger partial charge is 0.451 e. The van der Waals surface area contributed by atoms with Crippen LogP contribution < -0.4 is 4.90 Å². The van der Waals surface area contributed by atoms with Gasteiger partial charge in [0.25, 0.3) is 0 Å². The molecule has 0 fully saturated rings. The first kappa shape index (κ1) is 18.8. The van der Waals surface area contributed by atoms with E-state index in [-0.39, 0.29) is 23.1 Å². The molecule has 0 spiro atoms. The highest BCUT2D eigenvalue weighted by molar-refractivity contribution is 6.30. The number of anilines is 1. The fourth-order valence-electron chi connectivity index (χ4n) is 2.83. The van der Waals surface area contributed by atoms with Crippen molar-refractivity contribution in [1.82, 2.24) is 9.97 Å². The highest BCUT2D eigenvalue weighted by Crippen LogP contribution is 2.35. The Morgan fingerprint density at radius 3 is 2.31 bits per heavy atom. The Kier molecular flexibility index (Phi) is 4.54. The lowest BCUT2D eigenvalue weighted by Crippen LogP contribution is -2.32. The van der Waals surface area contributed by atoms with Gasteiger partial charge in [-0.05, 0) is 36.6 Å². The summed E-state index contributed by atoms with van der Waals surface area (Å²) in [5, 5.41) is -0.336. The SMILES string of the molecule is Cc1c(Cl)nc(C(F)(F)F)nc1N1CCc2ccc(C(F)(F)F)cc2C1. The summed E-state index contributed by atoms with van der Waals surface area (Å²) in [5.74, 6) is -1.40. The van der Waals surface area contributed by atoms with Gasteiger partial charge in [0.2, 0.25) is 5.82 Å². The van der Waals surface area contributed by atoms with Gasteiger partial charge in [-0.15, -0.1) is 0 Å². The van der Waals surface area contributed by atoms with Crippen LogP contribution in [0.25, 0.3) is 0 Å². The molecular weight excluding hydrogens is 384 g/mol. The number of nitrogens with zero attached hydrogens (tertiary/aromatic N) is 3. The summed E-state index contributed by atoms with van der Waals surface area (Å²) in [5.41, 5.74) is 0.568. The van der Waals surface area contributed by atoms with Crippen LogP contribution in [0.4, 0.5) is 32.2 Å². The van der Waals surface area contributed by atoms with Gasteiger partial charge >= 0.3 is 12.4 Å². The molecule has 10 heteroatoms. The first-order chi connectivity index (χ1) is 12.0. The van der Waals surface area contributed by atoms with Gasteiger partial charge in [0.15, 0.2) is 0 Å². The van der Waals surface area contributed by atoms with E-state index in [1.807, 2.05) is 0 Å². The minimum absolute atomic E-state index is 0.00470. The summed E-state index contributed by atoms with van der Waals surface area (Å²) < 4.78 is 77.5. The molecule has 0 amide bonds. The van der Waals surface area contributed by atoms with Crippen LogP contribution in [0.5, 0.6) is 0 Å². The summed E-state index contributed by atoms with van der Waals surface area (Å²) in [7, 11) is 0. The summed E-state index contributed by atoms with van der Waals surface area (Å²) >= 11 is 5.80. The third-order valence-electron chi connectivity index (χ3n) is 4.16. The van der Waals surface area contributed by atoms with Gasteiger partial charge in [-0.1, -0.05) is 17.7 Å². The standard InChI is InChI=1S/C16H12ClF6N3/c1-8-12(17)24-14(16(21,22)23)25-13(8)26-5-4-9-2-3-11(15(18,19)20)6-10(9)7-26/h2-3,6H,4-5,7H2,1H3. The number of benzene rings is 1. The minimum Gasteiger partial charge on any atom is -0.352 e. The van der Waals surface area contributed by atoms with Crippen molar-refractivity contribution in [1.29, 1.82) is 0 Å². The van der Waals surface area contributed by atoms with Crippen molar-refractivity contribution < 1.29 is 26.3 Å². The van der Waals surface area contributed by atoms with Crippen LogP contribution in [0.2, 0.25) is 5.15 Å². The Balaban J connectivity index is 2.00. The molecule has 0 radical (unpaired) electrons. The number of fused-ring (bicyclic) bond motifs is 1. The molecule has 26 heavy (non-hydrogen) atoms. The van der Waals surface area contributed by atoms with Crippen LogP contribution in [-0.2, 0) is 25.3 Å². The molecule has 3 nitrogen and oxygen atoms in total. The molecule has 0 unspecified atom stereocenters. The Labute approximate surface area is 149 Å². The Morgan fingerprint density at radius 1 is 1.00 bits per heavy atom. The van der Waals surface area contributed by atoms with Gasteiger partial charge in [-0.25, -0.2) is 9.97 Å². The van der Waals surface area contributed by atoms with E-state index in [1.54, 1.807) is 0 Å². The molecule has 0 saturated carbocycles.